The van der Waals surface area contributed by atoms with Gasteiger partial charge in [-0.05, 0) is 53.2 Å². The first-order chi connectivity index (χ1) is 8.61. The molecule has 1 aromatic carbocycles. The molecule has 0 amide bonds. The number of hydrogen-bond donors (Lipinski definition) is 1. The van der Waals surface area contributed by atoms with Crippen LogP contribution in [0.4, 0.5) is 4.39 Å². The molecular weight excluding hydrogens is 321 g/mol. The molecule has 1 heterocycles. The summed E-state index contributed by atoms with van der Waals surface area (Å²) in [5, 5.41) is 3.33. The lowest BCUT2D eigenvalue weighted by atomic mass is 10.0. The molecule has 2 rings (SSSR count). The molecule has 2 aromatic rings. The fourth-order valence-electron chi connectivity index (χ4n) is 1.82. The minimum absolute atomic E-state index is 0.0544. The molecule has 0 radical (unpaired) electrons. The van der Waals surface area contributed by atoms with E-state index in [4.69, 9.17) is 16.0 Å². The smallest absolute Gasteiger partial charge is 0.173 e. The fraction of sp³-hybridized carbons (Fsp3) is 0.231. The standard InChI is InChI=1S/C13H12BrClFNO/c1-17-12(9-4-5-18-13(9)14)7-8-2-3-10(15)11(16)6-8/h2-6,12,17H,7H2,1H3. The van der Waals surface area contributed by atoms with Crippen LogP contribution in [0.3, 0.4) is 0 Å². The first kappa shape index (κ1) is 13.6. The van der Waals surface area contributed by atoms with Gasteiger partial charge in [0.05, 0.1) is 11.3 Å². The minimum Gasteiger partial charge on any atom is -0.457 e. The fourth-order valence-corrected chi connectivity index (χ4v) is 2.46. The Morgan fingerprint density at radius 3 is 2.78 bits per heavy atom. The Hall–Kier alpha value is -0.840. The van der Waals surface area contributed by atoms with Gasteiger partial charge in [0.25, 0.3) is 0 Å². The summed E-state index contributed by atoms with van der Waals surface area (Å²) in [4.78, 5) is 0. The molecule has 0 spiro atoms. The van der Waals surface area contributed by atoms with Crippen LogP contribution in [0, 0.1) is 5.82 Å². The molecule has 0 saturated heterocycles. The molecule has 0 aliphatic rings. The van der Waals surface area contributed by atoms with Gasteiger partial charge in [-0.1, -0.05) is 17.7 Å². The van der Waals surface area contributed by atoms with Crippen molar-refractivity contribution in [2.75, 3.05) is 7.05 Å². The van der Waals surface area contributed by atoms with Crippen LogP contribution in [0.1, 0.15) is 17.2 Å². The highest BCUT2D eigenvalue weighted by Crippen LogP contribution is 2.27. The summed E-state index contributed by atoms with van der Waals surface area (Å²) in [7, 11) is 1.86. The van der Waals surface area contributed by atoms with Gasteiger partial charge in [-0.25, -0.2) is 4.39 Å². The van der Waals surface area contributed by atoms with Crippen molar-refractivity contribution in [2.45, 2.75) is 12.5 Å². The highest BCUT2D eigenvalue weighted by atomic mass is 79.9. The van der Waals surface area contributed by atoms with Crippen LogP contribution in [0.2, 0.25) is 5.02 Å². The van der Waals surface area contributed by atoms with Crippen LogP contribution in [0.25, 0.3) is 0 Å². The average Bonchev–Trinajstić information content (AvgIpc) is 2.77. The average molecular weight is 333 g/mol. The minimum atomic E-state index is -0.393. The van der Waals surface area contributed by atoms with E-state index < -0.39 is 5.82 Å². The third-order valence-corrected chi connectivity index (χ3v) is 3.75. The summed E-state index contributed by atoms with van der Waals surface area (Å²) in [6, 6.07) is 6.80. The van der Waals surface area contributed by atoms with E-state index in [9.17, 15) is 4.39 Å². The van der Waals surface area contributed by atoms with E-state index in [1.165, 1.54) is 6.07 Å². The number of halogens is 3. The SMILES string of the molecule is CNC(Cc1ccc(Cl)c(F)c1)c1ccoc1Br. The van der Waals surface area contributed by atoms with E-state index in [-0.39, 0.29) is 11.1 Å². The lowest BCUT2D eigenvalue weighted by Gasteiger charge is -2.15. The van der Waals surface area contributed by atoms with E-state index in [0.29, 0.717) is 11.1 Å². The Kier molecular flexibility index (Phi) is 4.43. The molecule has 0 aliphatic heterocycles. The number of rotatable bonds is 4. The second kappa shape index (κ2) is 5.87. The summed E-state index contributed by atoms with van der Waals surface area (Å²) in [6.07, 6.45) is 2.27. The van der Waals surface area contributed by atoms with Crippen molar-refractivity contribution in [1.29, 1.82) is 0 Å². The maximum atomic E-state index is 13.4. The largest absolute Gasteiger partial charge is 0.457 e. The number of likely N-dealkylation sites (N-methyl/N-ethyl adjacent to an activating group) is 1. The van der Waals surface area contributed by atoms with E-state index in [1.54, 1.807) is 12.3 Å². The van der Waals surface area contributed by atoms with E-state index in [0.717, 1.165) is 11.1 Å². The number of benzene rings is 1. The maximum absolute atomic E-state index is 13.4. The Morgan fingerprint density at radius 1 is 1.44 bits per heavy atom. The topological polar surface area (TPSA) is 25.2 Å². The van der Waals surface area contributed by atoms with Gasteiger partial charge in [-0.2, -0.15) is 0 Å². The highest BCUT2D eigenvalue weighted by molar-refractivity contribution is 9.10. The molecule has 18 heavy (non-hydrogen) atoms. The van der Waals surface area contributed by atoms with E-state index >= 15 is 0 Å². The monoisotopic (exact) mass is 331 g/mol. The number of nitrogens with one attached hydrogen (secondary N) is 1. The molecule has 1 aromatic heterocycles. The number of furan rings is 1. The summed E-state index contributed by atoms with van der Waals surface area (Å²) in [5.41, 5.74) is 1.89. The third-order valence-electron chi connectivity index (χ3n) is 2.79. The van der Waals surface area contributed by atoms with Gasteiger partial charge in [0.1, 0.15) is 5.82 Å². The molecular formula is C13H12BrClFNO. The first-order valence-electron chi connectivity index (χ1n) is 5.46. The molecule has 96 valence electrons. The van der Waals surface area contributed by atoms with Gasteiger partial charge in [0.2, 0.25) is 0 Å². The van der Waals surface area contributed by atoms with E-state index in [2.05, 4.69) is 21.2 Å². The third kappa shape index (κ3) is 2.94. The highest BCUT2D eigenvalue weighted by Gasteiger charge is 2.16. The molecule has 2 nitrogen and oxygen atoms in total. The Balaban J connectivity index is 2.20. The molecule has 1 unspecified atom stereocenters. The van der Waals surface area contributed by atoms with Crippen LogP contribution < -0.4 is 5.32 Å². The van der Waals surface area contributed by atoms with Gasteiger partial charge >= 0.3 is 0 Å². The van der Waals surface area contributed by atoms with Crippen molar-refractivity contribution in [3.8, 4) is 0 Å². The van der Waals surface area contributed by atoms with Gasteiger partial charge in [-0.15, -0.1) is 0 Å². The van der Waals surface area contributed by atoms with Gasteiger partial charge in [-0.3, -0.25) is 0 Å². The van der Waals surface area contributed by atoms with Gasteiger partial charge in [0, 0.05) is 11.6 Å². The second-order valence-electron chi connectivity index (χ2n) is 3.94. The zero-order valence-corrected chi connectivity index (χ0v) is 12.1. The van der Waals surface area contributed by atoms with Crippen LogP contribution >= 0.6 is 27.5 Å². The lowest BCUT2D eigenvalue weighted by Crippen LogP contribution is -2.18. The molecule has 0 saturated carbocycles. The zero-order valence-electron chi connectivity index (χ0n) is 9.71. The second-order valence-corrected chi connectivity index (χ2v) is 5.07. The van der Waals surface area contributed by atoms with Crippen molar-refractivity contribution < 1.29 is 8.81 Å². The summed E-state index contributed by atoms with van der Waals surface area (Å²) in [6.45, 7) is 0. The Morgan fingerprint density at radius 2 is 2.22 bits per heavy atom. The van der Waals surface area contributed by atoms with Crippen LogP contribution in [0.15, 0.2) is 39.6 Å². The van der Waals surface area contributed by atoms with Crippen molar-refractivity contribution >= 4 is 27.5 Å². The zero-order chi connectivity index (χ0) is 13.1. The quantitative estimate of drug-likeness (QED) is 0.901. The van der Waals surface area contributed by atoms with Crippen molar-refractivity contribution in [3.05, 3.63) is 57.2 Å². The van der Waals surface area contributed by atoms with Crippen molar-refractivity contribution in [3.63, 3.8) is 0 Å². The van der Waals surface area contributed by atoms with Crippen LogP contribution in [-0.2, 0) is 6.42 Å². The predicted octanol–water partition coefficient (Wildman–Crippen LogP) is 4.34. The van der Waals surface area contributed by atoms with Crippen molar-refractivity contribution in [1.82, 2.24) is 5.32 Å². The van der Waals surface area contributed by atoms with Gasteiger partial charge < -0.3 is 9.73 Å². The summed E-state index contributed by atoms with van der Waals surface area (Å²) < 4.78 is 19.3. The Labute approximate surface area is 118 Å². The van der Waals surface area contributed by atoms with E-state index in [1.807, 2.05) is 19.2 Å². The van der Waals surface area contributed by atoms with Crippen molar-refractivity contribution in [2.24, 2.45) is 0 Å². The number of hydrogen-bond acceptors (Lipinski definition) is 2. The molecule has 5 heteroatoms. The normalized spacial score (nSPS) is 12.7. The molecule has 0 aliphatic carbocycles. The Bertz CT molecular complexity index is 544. The molecule has 0 bridgehead atoms. The molecule has 1 atom stereocenters. The summed E-state index contributed by atoms with van der Waals surface area (Å²) >= 11 is 9.01. The summed E-state index contributed by atoms with van der Waals surface area (Å²) in [5.74, 6) is -0.393. The molecule has 0 fully saturated rings. The first-order valence-corrected chi connectivity index (χ1v) is 6.63. The van der Waals surface area contributed by atoms with Gasteiger partial charge in [0.15, 0.2) is 4.67 Å². The van der Waals surface area contributed by atoms with Crippen LogP contribution in [0.5, 0.6) is 0 Å². The lowest BCUT2D eigenvalue weighted by molar-refractivity contribution is 0.517. The predicted molar refractivity (Wildman–Crippen MR) is 73.3 cm³/mol. The molecule has 1 N–H and O–H groups in total. The maximum Gasteiger partial charge on any atom is 0.173 e. The van der Waals surface area contributed by atoms with Crippen LogP contribution in [-0.4, -0.2) is 7.05 Å².